The minimum atomic E-state index is -0.328. The van der Waals surface area contributed by atoms with Crippen molar-refractivity contribution in [2.75, 3.05) is 29.6 Å². The van der Waals surface area contributed by atoms with E-state index >= 15 is 0 Å². The van der Waals surface area contributed by atoms with E-state index in [2.05, 4.69) is 15.2 Å². The van der Waals surface area contributed by atoms with Crippen LogP contribution in [0.4, 0.5) is 10.9 Å². The Hall–Kier alpha value is -2.91. The quantitative estimate of drug-likeness (QED) is 0.521. The number of thiophene rings is 1. The van der Waals surface area contributed by atoms with E-state index in [4.69, 9.17) is 16.6 Å². The molecular weight excluding hydrogens is 462 g/mol. The molecule has 3 aromatic rings. The highest BCUT2D eigenvalue weighted by Crippen LogP contribution is 2.32. The predicted octanol–water partition coefficient (Wildman–Crippen LogP) is 4.41. The summed E-state index contributed by atoms with van der Waals surface area (Å²) in [5.41, 5.74) is 3.24. The van der Waals surface area contributed by atoms with E-state index in [1.807, 2.05) is 30.0 Å². The minimum Gasteiger partial charge on any atom is -0.341 e. The van der Waals surface area contributed by atoms with Crippen LogP contribution < -0.4 is 10.6 Å². The number of benzene rings is 1. The standard InChI is InChI=1S/C23H26ClN5O3S/c1-14-6-5-8-18-21(14)29(17-7-3-4-9-28(12-17)15(2)30)23(25-18)27-22(32)16-10-20(33-13-16)26-19(31)11-24/h5-6,8,10,13,17H,3-4,7,9,11-12H2,1-2H3,(H,26,31)(H,25,27,32)/t17-/m1/s1. The summed E-state index contributed by atoms with van der Waals surface area (Å²) in [6.45, 7) is 4.94. The van der Waals surface area contributed by atoms with Gasteiger partial charge in [-0.15, -0.1) is 22.9 Å². The van der Waals surface area contributed by atoms with Crippen molar-refractivity contribution >= 4 is 62.6 Å². The molecule has 0 unspecified atom stereocenters. The maximum Gasteiger partial charge on any atom is 0.258 e. The number of carbonyl (C=O) groups is 3. The number of fused-ring (bicyclic) bond motifs is 1. The monoisotopic (exact) mass is 487 g/mol. The van der Waals surface area contributed by atoms with Crippen LogP contribution in [-0.4, -0.2) is 51.1 Å². The van der Waals surface area contributed by atoms with Crippen molar-refractivity contribution in [3.63, 3.8) is 0 Å². The lowest BCUT2D eigenvalue weighted by molar-refractivity contribution is -0.129. The summed E-state index contributed by atoms with van der Waals surface area (Å²) in [5.74, 6) is -0.285. The molecule has 33 heavy (non-hydrogen) atoms. The van der Waals surface area contributed by atoms with E-state index in [1.54, 1.807) is 18.4 Å². The number of aromatic nitrogens is 2. The molecule has 0 aliphatic carbocycles. The van der Waals surface area contributed by atoms with Crippen molar-refractivity contribution in [1.82, 2.24) is 14.5 Å². The molecule has 1 atom stereocenters. The number of hydrogen-bond donors (Lipinski definition) is 2. The van der Waals surface area contributed by atoms with Crippen molar-refractivity contribution in [3.05, 3.63) is 40.8 Å². The zero-order valence-corrected chi connectivity index (χ0v) is 20.1. The van der Waals surface area contributed by atoms with Crippen molar-refractivity contribution in [2.24, 2.45) is 0 Å². The Morgan fingerprint density at radius 2 is 2.06 bits per heavy atom. The molecule has 4 rings (SSSR count). The van der Waals surface area contributed by atoms with E-state index in [0.717, 1.165) is 42.4 Å². The van der Waals surface area contributed by atoms with E-state index in [9.17, 15) is 14.4 Å². The molecule has 174 valence electrons. The fourth-order valence-electron chi connectivity index (χ4n) is 4.25. The molecule has 0 radical (unpaired) electrons. The van der Waals surface area contributed by atoms with Gasteiger partial charge in [0.2, 0.25) is 17.8 Å². The highest BCUT2D eigenvalue weighted by Gasteiger charge is 2.27. The van der Waals surface area contributed by atoms with Crippen LogP contribution >= 0.6 is 22.9 Å². The first-order chi connectivity index (χ1) is 15.9. The molecule has 2 N–H and O–H groups in total. The molecule has 1 fully saturated rings. The number of nitrogens with one attached hydrogen (secondary N) is 2. The summed E-state index contributed by atoms with van der Waals surface area (Å²) >= 11 is 6.80. The lowest BCUT2D eigenvalue weighted by atomic mass is 10.1. The highest BCUT2D eigenvalue weighted by atomic mass is 35.5. The highest BCUT2D eigenvalue weighted by molar-refractivity contribution is 7.14. The number of rotatable bonds is 5. The number of alkyl halides is 1. The third-order valence-corrected chi connectivity index (χ3v) is 6.93. The SMILES string of the molecule is CC(=O)N1CCCC[C@@H](n2c(NC(=O)c3csc(NC(=O)CCl)c3)nc3cccc(C)c32)C1. The Balaban J connectivity index is 1.68. The summed E-state index contributed by atoms with van der Waals surface area (Å²) in [6.07, 6.45) is 2.83. The first-order valence-corrected chi connectivity index (χ1v) is 12.3. The average Bonchev–Trinajstić information content (AvgIpc) is 3.31. The largest absolute Gasteiger partial charge is 0.341 e. The van der Waals surface area contributed by atoms with Gasteiger partial charge in [-0.05, 0) is 43.9 Å². The van der Waals surface area contributed by atoms with Crippen LogP contribution in [0.1, 0.15) is 48.1 Å². The van der Waals surface area contributed by atoms with Crippen LogP contribution in [0.5, 0.6) is 0 Å². The van der Waals surface area contributed by atoms with Gasteiger partial charge in [0.1, 0.15) is 5.88 Å². The van der Waals surface area contributed by atoms with Gasteiger partial charge in [0, 0.05) is 25.4 Å². The molecule has 1 aromatic carbocycles. The molecule has 0 saturated carbocycles. The molecule has 2 aromatic heterocycles. The van der Waals surface area contributed by atoms with Gasteiger partial charge >= 0.3 is 0 Å². The smallest absolute Gasteiger partial charge is 0.258 e. The Kier molecular flexibility index (Phi) is 6.99. The molecule has 1 aliphatic rings. The molecule has 0 bridgehead atoms. The summed E-state index contributed by atoms with van der Waals surface area (Å²) < 4.78 is 2.08. The van der Waals surface area contributed by atoms with Crippen molar-refractivity contribution in [3.8, 4) is 0 Å². The van der Waals surface area contributed by atoms with E-state index in [1.165, 1.54) is 11.3 Å². The van der Waals surface area contributed by atoms with Gasteiger partial charge < -0.3 is 14.8 Å². The Bertz CT molecular complexity index is 1200. The fraction of sp³-hybridized carbons (Fsp3) is 0.391. The van der Waals surface area contributed by atoms with E-state index in [0.29, 0.717) is 23.1 Å². The second-order valence-corrected chi connectivity index (χ2v) is 9.38. The molecular formula is C23H26ClN5O3S. The number of amides is 3. The van der Waals surface area contributed by atoms with Gasteiger partial charge in [0.25, 0.3) is 5.91 Å². The van der Waals surface area contributed by atoms with Gasteiger partial charge in [0.15, 0.2) is 0 Å². The average molecular weight is 488 g/mol. The zero-order chi connectivity index (χ0) is 23.5. The van der Waals surface area contributed by atoms with Crippen LogP contribution in [0.2, 0.25) is 0 Å². The van der Waals surface area contributed by atoms with Crippen LogP contribution in [0, 0.1) is 6.92 Å². The number of para-hydroxylation sites is 1. The normalized spacial score (nSPS) is 16.5. The third-order valence-electron chi connectivity index (χ3n) is 5.84. The first kappa shape index (κ1) is 23.3. The number of hydrogen-bond acceptors (Lipinski definition) is 5. The summed E-state index contributed by atoms with van der Waals surface area (Å²) in [4.78, 5) is 43.3. The molecule has 10 heteroatoms. The zero-order valence-electron chi connectivity index (χ0n) is 18.6. The van der Waals surface area contributed by atoms with Gasteiger partial charge in [-0.25, -0.2) is 4.98 Å². The molecule has 3 amide bonds. The van der Waals surface area contributed by atoms with Crippen molar-refractivity contribution < 1.29 is 14.4 Å². The Labute approximate surface area is 200 Å². The molecule has 1 saturated heterocycles. The van der Waals surface area contributed by atoms with Gasteiger partial charge in [-0.2, -0.15) is 0 Å². The van der Waals surface area contributed by atoms with Crippen LogP contribution in [-0.2, 0) is 9.59 Å². The second kappa shape index (κ2) is 9.93. The maximum absolute atomic E-state index is 13.1. The van der Waals surface area contributed by atoms with E-state index < -0.39 is 0 Å². The number of nitrogens with zero attached hydrogens (tertiary/aromatic N) is 3. The van der Waals surface area contributed by atoms with Crippen LogP contribution in [0.3, 0.4) is 0 Å². The number of anilines is 2. The number of aryl methyl sites for hydroxylation is 1. The lowest BCUT2D eigenvalue weighted by Crippen LogP contribution is -2.34. The van der Waals surface area contributed by atoms with E-state index in [-0.39, 0.29) is 29.6 Å². The van der Waals surface area contributed by atoms with Crippen LogP contribution in [0.25, 0.3) is 11.0 Å². The summed E-state index contributed by atoms with van der Waals surface area (Å²) in [6, 6.07) is 7.51. The lowest BCUT2D eigenvalue weighted by Gasteiger charge is -2.26. The molecule has 8 nitrogen and oxygen atoms in total. The fourth-order valence-corrected chi connectivity index (χ4v) is 5.11. The van der Waals surface area contributed by atoms with Crippen LogP contribution in [0.15, 0.2) is 29.6 Å². The predicted molar refractivity (Wildman–Crippen MR) is 131 cm³/mol. The number of likely N-dealkylation sites (tertiary alicyclic amines) is 1. The van der Waals surface area contributed by atoms with Crippen molar-refractivity contribution in [2.45, 2.75) is 39.2 Å². The molecule has 1 aliphatic heterocycles. The van der Waals surface area contributed by atoms with Gasteiger partial charge in [-0.3, -0.25) is 19.7 Å². The molecule has 3 heterocycles. The first-order valence-electron chi connectivity index (χ1n) is 10.9. The second-order valence-electron chi connectivity index (χ2n) is 8.20. The maximum atomic E-state index is 13.1. The Morgan fingerprint density at radius 1 is 1.24 bits per heavy atom. The number of carbonyl (C=O) groups excluding carboxylic acids is 3. The van der Waals surface area contributed by atoms with Gasteiger partial charge in [-0.1, -0.05) is 12.1 Å². The molecule has 0 spiro atoms. The minimum absolute atomic E-state index is 0.00107. The summed E-state index contributed by atoms with van der Waals surface area (Å²) in [5, 5.41) is 7.85. The topological polar surface area (TPSA) is 96.3 Å². The van der Waals surface area contributed by atoms with Gasteiger partial charge in [0.05, 0.1) is 27.6 Å². The van der Waals surface area contributed by atoms with Crippen molar-refractivity contribution in [1.29, 1.82) is 0 Å². The number of imidazole rings is 1. The third kappa shape index (κ3) is 5.04. The Morgan fingerprint density at radius 3 is 2.82 bits per heavy atom. The summed E-state index contributed by atoms with van der Waals surface area (Å²) in [7, 11) is 0. The number of halogens is 1.